The van der Waals surface area contributed by atoms with Gasteiger partial charge >= 0.3 is 0 Å². The van der Waals surface area contributed by atoms with Crippen LogP contribution in [0.3, 0.4) is 0 Å². The molecule has 0 amide bonds. The van der Waals surface area contributed by atoms with E-state index >= 15 is 0 Å². The van der Waals surface area contributed by atoms with E-state index in [1.807, 2.05) is 71.6 Å². The fraction of sp³-hybridized carbons (Fsp3) is 0.564. The molecule has 4 rings (SSSR count). The van der Waals surface area contributed by atoms with E-state index < -0.39 is 37.3 Å². The normalized spacial score (nSPS) is 12.1. The second-order valence-corrected chi connectivity index (χ2v) is 21.0. The predicted octanol–water partition coefficient (Wildman–Crippen LogP) is 12.7. The van der Waals surface area contributed by atoms with E-state index in [4.69, 9.17) is 14.2 Å². The van der Waals surface area contributed by atoms with Crippen molar-refractivity contribution < 1.29 is 40.2 Å². The highest BCUT2D eigenvalue weighted by molar-refractivity contribution is 7.85. The van der Waals surface area contributed by atoms with Crippen molar-refractivity contribution >= 4 is 25.9 Å². The van der Waals surface area contributed by atoms with E-state index in [1.54, 1.807) is 0 Å². The van der Waals surface area contributed by atoms with Crippen LogP contribution >= 0.6 is 0 Å². The van der Waals surface area contributed by atoms with Crippen molar-refractivity contribution in [2.45, 2.75) is 154 Å². The monoisotopic (exact) mass is 962 g/mol. The smallest absolute Gasteiger partial charge is 0.143 e. The predicted molar refractivity (Wildman–Crippen MR) is 271 cm³/mol. The minimum Gasteiger partial charge on any atom is -0.748 e. The van der Waals surface area contributed by atoms with Gasteiger partial charge in [-0.2, -0.15) is 0 Å². The summed E-state index contributed by atoms with van der Waals surface area (Å²) in [5, 5.41) is 0. The third-order valence-corrected chi connectivity index (χ3v) is 14.0. The van der Waals surface area contributed by atoms with Crippen LogP contribution in [0.15, 0.2) is 103 Å². The van der Waals surface area contributed by atoms with Crippen LogP contribution in [-0.2, 0) is 37.0 Å². The van der Waals surface area contributed by atoms with Crippen molar-refractivity contribution in [1.82, 2.24) is 0 Å². The van der Waals surface area contributed by atoms with Crippen LogP contribution in [0.2, 0.25) is 0 Å². The summed E-state index contributed by atoms with van der Waals surface area (Å²) in [6, 6.07) is 35.0. The van der Waals surface area contributed by atoms with Gasteiger partial charge in [-0.25, -0.2) is 16.8 Å². The van der Waals surface area contributed by atoms with Gasteiger partial charge in [0.2, 0.25) is 0 Å². The summed E-state index contributed by atoms with van der Waals surface area (Å²) in [5.74, 6) is 0.789. The van der Waals surface area contributed by atoms with Gasteiger partial charge in [0.15, 0.2) is 0 Å². The zero-order chi connectivity index (χ0) is 48.1. The van der Waals surface area contributed by atoms with E-state index in [9.17, 15) is 25.9 Å². The van der Waals surface area contributed by atoms with E-state index in [-0.39, 0.29) is 12.8 Å². The molecule has 0 unspecified atom stereocenters. The Hall–Kier alpha value is -3.94. The Bertz CT molecular complexity index is 2010. The van der Waals surface area contributed by atoms with Gasteiger partial charge in [-0.3, -0.25) is 0 Å². The maximum absolute atomic E-state index is 11.2. The largest absolute Gasteiger partial charge is 0.748 e. The van der Waals surface area contributed by atoms with Crippen LogP contribution in [0.4, 0.5) is 5.69 Å². The Morgan fingerprint density at radius 2 is 0.851 bits per heavy atom. The molecule has 372 valence electrons. The zero-order valence-corrected chi connectivity index (χ0v) is 42.2. The molecule has 4 aromatic rings. The Morgan fingerprint density at radius 3 is 1.27 bits per heavy atom. The number of unbranched alkanes of at least 4 members (excludes halogenated alkanes) is 16. The minimum atomic E-state index is -4.32. The van der Waals surface area contributed by atoms with Crippen LogP contribution in [-0.4, -0.2) is 70.4 Å². The summed E-state index contributed by atoms with van der Waals surface area (Å²) in [6.07, 6.45) is 21.9. The number of ether oxygens (including phenoxy) is 3. The number of benzene rings is 4. The second-order valence-electron chi connectivity index (χ2n) is 17.9. The van der Waals surface area contributed by atoms with Crippen LogP contribution in [0.25, 0.3) is 0 Å². The molecule has 10 nitrogen and oxygen atoms in total. The molecular weight excluding hydrogens is 883 g/mol. The molecule has 0 heterocycles. The van der Waals surface area contributed by atoms with E-state index in [1.165, 1.54) is 89.9 Å². The quantitative estimate of drug-likeness (QED) is 0.0242. The highest BCUT2D eigenvalue weighted by Gasteiger charge is 2.38. The van der Waals surface area contributed by atoms with Gasteiger partial charge in [0.25, 0.3) is 0 Å². The number of nitrogens with zero attached hydrogens (tertiary/aromatic N) is 1. The lowest BCUT2D eigenvalue weighted by Crippen LogP contribution is -2.33. The highest BCUT2D eigenvalue weighted by atomic mass is 32.2. The molecule has 0 saturated heterocycles. The SMILES string of the molecule is CCCCCCCCCCOc1ccc(C(OCCc2ccc(N(CCCCS(=O)(=O)[O-])CCCCS(=O)(=O)[O-])cc2)(c2ccccc2)c2ccc(OCCCCCCCCCC)cc2)cc1. The van der Waals surface area contributed by atoms with Gasteiger partial charge in [-0.15, -0.1) is 0 Å². The third kappa shape index (κ3) is 21.9. The standard InChI is InChI=1S/C55H81NO9S2/c1-3-5-7-9-11-13-15-22-43-63-53-36-30-50(31-37-53)55(49-26-18-17-19-27-49,51-32-38-54(39-33-51)64-44-23-16-14-12-10-8-6-4-2)65-45-40-48-28-34-52(35-29-48)56(41-20-24-46-66(57,58)59)42-21-25-47-67(60,61)62/h17-19,26-39H,3-16,20-25,40-47H2,1-2H3,(H,57,58,59)(H,60,61,62)/p-2. The summed E-state index contributed by atoms with van der Waals surface area (Å²) in [5.41, 5.74) is 3.93. The number of anilines is 1. The molecule has 67 heavy (non-hydrogen) atoms. The molecule has 0 aliphatic heterocycles. The van der Waals surface area contributed by atoms with E-state index in [2.05, 4.69) is 50.2 Å². The lowest BCUT2D eigenvalue weighted by atomic mass is 9.80. The molecule has 0 saturated carbocycles. The van der Waals surface area contributed by atoms with Crippen molar-refractivity contribution in [2.24, 2.45) is 0 Å². The van der Waals surface area contributed by atoms with Crippen molar-refractivity contribution in [3.63, 3.8) is 0 Å². The topological polar surface area (TPSA) is 145 Å². The molecule has 0 atom stereocenters. The summed E-state index contributed by atoms with van der Waals surface area (Å²) in [6.45, 7) is 7.21. The van der Waals surface area contributed by atoms with Crippen molar-refractivity contribution in [3.05, 3.63) is 125 Å². The molecule has 0 bridgehead atoms. The van der Waals surface area contributed by atoms with Gasteiger partial charge in [0.05, 0.1) is 40.1 Å². The minimum absolute atomic E-state index is 0.222. The summed E-state index contributed by atoms with van der Waals surface area (Å²) in [4.78, 5) is 2.04. The van der Waals surface area contributed by atoms with Gasteiger partial charge in [0, 0.05) is 30.3 Å². The molecule has 12 heteroatoms. The van der Waals surface area contributed by atoms with Crippen molar-refractivity contribution in [2.75, 3.05) is 49.3 Å². The first-order chi connectivity index (χ1) is 32.4. The van der Waals surface area contributed by atoms with Crippen LogP contribution in [0.5, 0.6) is 11.5 Å². The lowest BCUT2D eigenvalue weighted by Gasteiger charge is -2.36. The fourth-order valence-corrected chi connectivity index (χ4v) is 9.69. The maximum atomic E-state index is 11.2. The van der Waals surface area contributed by atoms with Gasteiger partial charge in [-0.05, 0) is 104 Å². The van der Waals surface area contributed by atoms with E-state index in [0.717, 1.165) is 52.3 Å². The Labute approximate surface area is 404 Å². The molecule has 0 radical (unpaired) electrons. The maximum Gasteiger partial charge on any atom is 0.143 e. The second kappa shape index (κ2) is 31.2. The number of hydrogen-bond donors (Lipinski definition) is 0. The van der Waals surface area contributed by atoms with Crippen LogP contribution < -0.4 is 14.4 Å². The van der Waals surface area contributed by atoms with Crippen LogP contribution in [0, 0.1) is 0 Å². The Kier molecular flexibility index (Phi) is 26.0. The Morgan fingerprint density at radius 1 is 0.448 bits per heavy atom. The molecule has 0 spiro atoms. The lowest BCUT2D eigenvalue weighted by molar-refractivity contribution is 0.0147. The van der Waals surface area contributed by atoms with E-state index in [0.29, 0.717) is 52.2 Å². The summed E-state index contributed by atoms with van der Waals surface area (Å²) in [7, 11) is -8.64. The molecule has 0 fully saturated rings. The Balaban J connectivity index is 1.51. The third-order valence-electron chi connectivity index (χ3n) is 12.4. The molecule has 0 aromatic heterocycles. The first-order valence-electron chi connectivity index (χ1n) is 25.3. The molecule has 0 aliphatic rings. The molecular formula is C55H79NO9S2-2. The zero-order valence-electron chi connectivity index (χ0n) is 40.6. The molecule has 0 N–H and O–H groups in total. The van der Waals surface area contributed by atoms with Crippen molar-refractivity contribution in [3.8, 4) is 11.5 Å². The van der Waals surface area contributed by atoms with Crippen molar-refractivity contribution in [1.29, 1.82) is 0 Å². The van der Waals surface area contributed by atoms with Gasteiger partial charge in [0.1, 0.15) is 17.1 Å². The average Bonchev–Trinajstić information content (AvgIpc) is 3.32. The van der Waals surface area contributed by atoms with Gasteiger partial charge < -0.3 is 28.2 Å². The average molecular weight is 962 g/mol. The summed E-state index contributed by atoms with van der Waals surface area (Å²) >= 11 is 0. The first kappa shape index (κ1) is 55.7. The fourth-order valence-electron chi connectivity index (χ4n) is 8.57. The van der Waals surface area contributed by atoms with Gasteiger partial charge in [-0.1, -0.05) is 170 Å². The number of hydrogen-bond acceptors (Lipinski definition) is 10. The summed E-state index contributed by atoms with van der Waals surface area (Å²) < 4.78 is 86.9. The van der Waals surface area contributed by atoms with Crippen LogP contribution in [0.1, 0.15) is 165 Å². The highest BCUT2D eigenvalue weighted by Crippen LogP contribution is 2.42. The first-order valence-corrected chi connectivity index (χ1v) is 28.5. The molecule has 0 aliphatic carbocycles. The molecule has 4 aromatic carbocycles. The number of rotatable bonds is 38.